The molecule has 3 rings (SSSR count). The number of hydrogen-bond donors (Lipinski definition) is 1. The predicted molar refractivity (Wildman–Crippen MR) is 98.5 cm³/mol. The van der Waals surface area contributed by atoms with Crippen molar-refractivity contribution in [3.8, 4) is 5.75 Å². The molecule has 0 radical (unpaired) electrons. The van der Waals surface area contributed by atoms with Crippen molar-refractivity contribution in [2.45, 2.75) is 13.0 Å². The Bertz CT molecular complexity index is 1020. The molecule has 0 amide bonds. The zero-order chi connectivity index (χ0) is 19.6. The van der Waals surface area contributed by atoms with Crippen LogP contribution in [0.4, 0.5) is 5.69 Å². The van der Waals surface area contributed by atoms with Crippen LogP contribution in [0.2, 0.25) is 0 Å². The number of carbonyl (C=O) groups excluding carboxylic acids is 2. The number of fused-ring (bicyclic) bond motifs is 1. The van der Waals surface area contributed by atoms with Gasteiger partial charge in [0.2, 0.25) is 0 Å². The van der Waals surface area contributed by atoms with Gasteiger partial charge in [-0.15, -0.1) is 0 Å². The maximum atomic E-state index is 11.7. The number of ether oxygens (including phenoxy) is 2. The quantitative estimate of drug-likeness (QED) is 0.521. The molecule has 0 aliphatic carbocycles. The van der Waals surface area contributed by atoms with Gasteiger partial charge in [-0.05, 0) is 35.4 Å². The van der Waals surface area contributed by atoms with Crippen molar-refractivity contribution in [2.75, 3.05) is 20.0 Å². The minimum absolute atomic E-state index is 0.0490. The van der Waals surface area contributed by atoms with Gasteiger partial charge in [-0.25, -0.2) is 0 Å². The number of benzene rings is 2. The highest BCUT2D eigenvalue weighted by Gasteiger charge is 2.14. The SMILES string of the molecule is COC(=O)Cn1cc(Cc2ccc(C(=O)[O-])cc2OC)c2cc(N)ccc21. The molecular formula is C20H19N2O5-. The lowest BCUT2D eigenvalue weighted by molar-refractivity contribution is -0.255. The first-order chi connectivity index (χ1) is 12.9. The highest BCUT2D eigenvalue weighted by molar-refractivity contribution is 5.89. The number of anilines is 1. The van der Waals surface area contributed by atoms with E-state index in [0.717, 1.165) is 22.0 Å². The van der Waals surface area contributed by atoms with Crippen LogP contribution >= 0.6 is 0 Å². The van der Waals surface area contributed by atoms with Gasteiger partial charge in [0.25, 0.3) is 0 Å². The van der Waals surface area contributed by atoms with Crippen LogP contribution in [0.3, 0.4) is 0 Å². The van der Waals surface area contributed by atoms with E-state index >= 15 is 0 Å². The molecule has 0 saturated carbocycles. The molecule has 140 valence electrons. The van der Waals surface area contributed by atoms with E-state index in [0.29, 0.717) is 17.9 Å². The van der Waals surface area contributed by atoms with Crippen molar-refractivity contribution in [2.24, 2.45) is 0 Å². The molecule has 2 aromatic carbocycles. The number of aromatic carboxylic acids is 1. The topological polar surface area (TPSA) is 107 Å². The normalized spacial score (nSPS) is 10.7. The van der Waals surface area contributed by atoms with E-state index in [1.807, 2.05) is 18.3 Å². The number of hydrogen-bond acceptors (Lipinski definition) is 6. The van der Waals surface area contributed by atoms with Crippen molar-refractivity contribution in [3.05, 3.63) is 59.3 Å². The fourth-order valence-electron chi connectivity index (χ4n) is 3.09. The van der Waals surface area contributed by atoms with Gasteiger partial charge in [0.05, 0.1) is 20.2 Å². The average Bonchev–Trinajstić information content (AvgIpc) is 2.98. The Morgan fingerprint density at radius 3 is 2.56 bits per heavy atom. The summed E-state index contributed by atoms with van der Waals surface area (Å²) in [6, 6.07) is 10.1. The van der Waals surface area contributed by atoms with Gasteiger partial charge in [0, 0.05) is 34.8 Å². The average molecular weight is 367 g/mol. The van der Waals surface area contributed by atoms with Crippen LogP contribution in [0.1, 0.15) is 21.5 Å². The zero-order valence-electron chi connectivity index (χ0n) is 15.0. The van der Waals surface area contributed by atoms with E-state index in [1.165, 1.54) is 26.4 Å². The molecule has 0 aliphatic heterocycles. The second-order valence-corrected chi connectivity index (χ2v) is 6.13. The van der Waals surface area contributed by atoms with Crippen molar-refractivity contribution in [3.63, 3.8) is 0 Å². The summed E-state index contributed by atoms with van der Waals surface area (Å²) in [5.41, 5.74) is 9.19. The standard InChI is InChI=1S/C20H20N2O5/c1-26-18-8-13(20(24)25)4-3-12(18)7-14-10-22(11-19(23)27-2)17-6-5-15(21)9-16(14)17/h3-6,8-10H,7,11,21H2,1-2H3,(H,24,25)/p-1. The van der Waals surface area contributed by atoms with Crippen LogP contribution in [0.25, 0.3) is 10.9 Å². The Hall–Kier alpha value is -3.48. The number of rotatable bonds is 6. The highest BCUT2D eigenvalue weighted by atomic mass is 16.5. The molecule has 2 N–H and O–H groups in total. The fraction of sp³-hybridized carbons (Fsp3) is 0.200. The van der Waals surface area contributed by atoms with E-state index in [9.17, 15) is 14.7 Å². The summed E-state index contributed by atoms with van der Waals surface area (Å²) in [6.45, 7) is 0.0810. The van der Waals surface area contributed by atoms with Crippen LogP contribution in [0.15, 0.2) is 42.6 Å². The first-order valence-electron chi connectivity index (χ1n) is 8.25. The molecule has 0 spiro atoms. The molecule has 0 bridgehead atoms. The van der Waals surface area contributed by atoms with Gasteiger partial charge < -0.3 is 29.7 Å². The Morgan fingerprint density at radius 1 is 1.11 bits per heavy atom. The molecule has 1 heterocycles. The molecule has 27 heavy (non-hydrogen) atoms. The zero-order valence-corrected chi connectivity index (χ0v) is 15.0. The number of methoxy groups -OCH3 is 2. The minimum Gasteiger partial charge on any atom is -0.545 e. The van der Waals surface area contributed by atoms with Gasteiger partial charge in [0.1, 0.15) is 12.3 Å². The number of carbonyl (C=O) groups is 2. The van der Waals surface area contributed by atoms with E-state index in [1.54, 1.807) is 16.7 Å². The number of nitrogens with zero attached hydrogens (tertiary/aromatic N) is 1. The maximum absolute atomic E-state index is 11.7. The Kier molecular flexibility index (Phi) is 5.03. The van der Waals surface area contributed by atoms with Crippen LogP contribution < -0.4 is 15.6 Å². The Labute approximate surface area is 155 Å². The number of nitrogens with two attached hydrogens (primary N) is 1. The van der Waals surface area contributed by atoms with Crippen molar-refractivity contribution < 1.29 is 24.2 Å². The Balaban J connectivity index is 2.05. The molecule has 7 nitrogen and oxygen atoms in total. The van der Waals surface area contributed by atoms with Crippen LogP contribution in [-0.2, 0) is 22.5 Å². The fourth-order valence-corrected chi connectivity index (χ4v) is 3.09. The van der Waals surface area contributed by atoms with Crippen LogP contribution in [-0.4, -0.2) is 30.7 Å². The summed E-state index contributed by atoms with van der Waals surface area (Å²) in [6.07, 6.45) is 2.34. The number of nitrogen functional groups attached to an aromatic ring is 1. The van der Waals surface area contributed by atoms with Gasteiger partial charge in [-0.3, -0.25) is 4.79 Å². The maximum Gasteiger partial charge on any atom is 0.325 e. The second-order valence-electron chi connectivity index (χ2n) is 6.13. The van der Waals surface area contributed by atoms with Crippen molar-refractivity contribution >= 4 is 28.5 Å². The predicted octanol–water partition coefficient (Wildman–Crippen LogP) is 1.36. The highest BCUT2D eigenvalue weighted by Crippen LogP contribution is 2.29. The third-order valence-electron chi connectivity index (χ3n) is 4.42. The van der Waals surface area contributed by atoms with Gasteiger partial charge in [0.15, 0.2) is 0 Å². The first-order valence-corrected chi connectivity index (χ1v) is 8.25. The lowest BCUT2D eigenvalue weighted by Gasteiger charge is -2.11. The summed E-state index contributed by atoms with van der Waals surface area (Å²) in [5.74, 6) is -1.16. The van der Waals surface area contributed by atoms with E-state index in [4.69, 9.17) is 15.2 Å². The minimum atomic E-state index is -1.26. The van der Waals surface area contributed by atoms with Gasteiger partial charge in [-0.2, -0.15) is 0 Å². The van der Waals surface area contributed by atoms with Crippen LogP contribution in [0, 0.1) is 0 Å². The van der Waals surface area contributed by atoms with E-state index < -0.39 is 5.97 Å². The molecule has 0 fully saturated rings. The lowest BCUT2D eigenvalue weighted by atomic mass is 10.0. The second kappa shape index (κ2) is 7.41. The van der Waals surface area contributed by atoms with Gasteiger partial charge >= 0.3 is 5.97 Å². The summed E-state index contributed by atoms with van der Waals surface area (Å²) in [5, 5.41) is 12.0. The molecule has 0 saturated heterocycles. The summed E-state index contributed by atoms with van der Waals surface area (Å²) < 4.78 is 11.9. The third kappa shape index (κ3) is 3.72. The van der Waals surface area contributed by atoms with E-state index in [-0.39, 0.29) is 18.1 Å². The number of aromatic nitrogens is 1. The van der Waals surface area contributed by atoms with Crippen molar-refractivity contribution in [1.82, 2.24) is 4.57 Å². The van der Waals surface area contributed by atoms with Gasteiger partial charge in [-0.1, -0.05) is 12.1 Å². The molecule has 0 aliphatic rings. The first kappa shape index (κ1) is 18.3. The van der Waals surface area contributed by atoms with Crippen molar-refractivity contribution in [1.29, 1.82) is 0 Å². The molecule has 0 unspecified atom stereocenters. The molecule has 3 aromatic rings. The molecule has 7 heteroatoms. The largest absolute Gasteiger partial charge is 0.545 e. The lowest BCUT2D eigenvalue weighted by Crippen LogP contribution is -2.22. The molecular weight excluding hydrogens is 348 g/mol. The summed E-state index contributed by atoms with van der Waals surface area (Å²) in [4.78, 5) is 22.8. The Morgan fingerprint density at radius 2 is 1.89 bits per heavy atom. The van der Waals surface area contributed by atoms with Crippen LogP contribution in [0.5, 0.6) is 5.75 Å². The van der Waals surface area contributed by atoms with E-state index in [2.05, 4.69) is 0 Å². The monoisotopic (exact) mass is 367 g/mol. The smallest absolute Gasteiger partial charge is 0.325 e. The number of esters is 1. The molecule has 1 aromatic heterocycles. The molecule has 0 atom stereocenters. The number of carboxylic acid groups (broad SMARTS) is 1. The summed E-state index contributed by atoms with van der Waals surface area (Å²) in [7, 11) is 2.83. The third-order valence-corrected chi connectivity index (χ3v) is 4.42. The number of carboxylic acids is 1. The summed E-state index contributed by atoms with van der Waals surface area (Å²) >= 11 is 0.